The molecule has 5 amide bonds. The Morgan fingerprint density at radius 2 is 1.61 bits per heavy atom. The van der Waals surface area contributed by atoms with Crippen molar-refractivity contribution in [2.45, 2.75) is 136 Å². The molecule has 5 atom stereocenters. The summed E-state index contributed by atoms with van der Waals surface area (Å²) in [5.74, 6) is -2.98. The molecule has 282 valence electrons. The second kappa shape index (κ2) is 18.0. The highest BCUT2D eigenvalue weighted by molar-refractivity contribution is 6.38. The third-order valence-corrected chi connectivity index (χ3v) is 10.4. The minimum Gasteiger partial charge on any atom is -0.349 e. The zero-order chi connectivity index (χ0) is 37.3. The molecule has 0 bridgehead atoms. The smallest absolute Gasteiger partial charge is 0.289 e. The average molecular weight is 710 g/mol. The first-order valence-electron chi connectivity index (χ1n) is 19.0. The van der Waals surface area contributed by atoms with E-state index in [-0.39, 0.29) is 29.4 Å². The van der Waals surface area contributed by atoms with Gasteiger partial charge in [0.15, 0.2) is 0 Å². The fraction of sp³-hybridized carbons (Fsp3) is 0.737. The molecule has 3 aliphatic rings. The summed E-state index contributed by atoms with van der Waals surface area (Å²) in [4.78, 5) is 91.9. The Bertz CT molecular complexity index is 1390. The highest BCUT2D eigenvalue weighted by Crippen LogP contribution is 2.36. The van der Waals surface area contributed by atoms with E-state index in [1.165, 1.54) is 18.6 Å². The Hall–Kier alpha value is -3.90. The van der Waals surface area contributed by atoms with Crippen LogP contribution >= 0.6 is 0 Å². The van der Waals surface area contributed by atoms with E-state index < -0.39 is 64.9 Å². The lowest BCUT2D eigenvalue weighted by atomic mass is 9.82. The van der Waals surface area contributed by atoms with Crippen LogP contribution in [-0.2, 0) is 24.0 Å². The Kier molecular flexibility index (Phi) is 14.1. The first-order chi connectivity index (χ1) is 24.2. The molecule has 0 spiro atoms. The summed E-state index contributed by atoms with van der Waals surface area (Å²) in [6.45, 7) is 12.3. The largest absolute Gasteiger partial charge is 0.349 e. The summed E-state index contributed by atoms with van der Waals surface area (Å²) in [7, 11) is 0. The van der Waals surface area contributed by atoms with Crippen molar-refractivity contribution >= 4 is 35.3 Å². The van der Waals surface area contributed by atoms with Crippen molar-refractivity contribution in [1.29, 1.82) is 0 Å². The first kappa shape index (κ1) is 39.9. The number of ketones is 1. The topological polar surface area (TPSA) is 180 Å². The second-order valence-electron chi connectivity index (χ2n) is 16.3. The molecular formula is C38H59N7O6. The van der Waals surface area contributed by atoms with Gasteiger partial charge in [-0.15, -0.1) is 0 Å². The quantitative estimate of drug-likeness (QED) is 0.189. The predicted molar refractivity (Wildman–Crippen MR) is 192 cm³/mol. The second-order valence-corrected chi connectivity index (χ2v) is 16.3. The van der Waals surface area contributed by atoms with Crippen LogP contribution in [0, 0.1) is 29.1 Å². The third-order valence-electron chi connectivity index (χ3n) is 10.4. The number of rotatable bonds is 16. The molecule has 2 aliphatic carbocycles. The normalized spacial score (nSPS) is 21.4. The van der Waals surface area contributed by atoms with Crippen molar-refractivity contribution in [3.05, 3.63) is 24.3 Å². The number of carbonyl (C=O) groups is 6. The minimum atomic E-state index is -1.01. The van der Waals surface area contributed by atoms with Crippen molar-refractivity contribution in [3.63, 3.8) is 0 Å². The standard InChI is InChI=1S/C38H59N7O6/c1-7-16-41-36(50)31(46)27(21-24-13-14-24)42-35(49)30-26(20-23(2)3)15-19-45(30)37(51)32(38(4,5)6)44-34(48)29(25-11-9-8-10-12-25)43-33(47)28-22-39-17-18-40-28/h17-18,22-27,29-30,32H,7-16,19-21H2,1-6H3,(H,41,50)(H,42,49)(H,43,47)(H,44,48)/t26-,27?,29+,30+,32-/m1/s1. The summed E-state index contributed by atoms with van der Waals surface area (Å²) >= 11 is 0. The molecule has 4 N–H and O–H groups in total. The molecule has 1 aromatic rings. The number of amides is 5. The van der Waals surface area contributed by atoms with Crippen LogP contribution in [0.25, 0.3) is 0 Å². The van der Waals surface area contributed by atoms with Gasteiger partial charge in [0, 0.05) is 25.5 Å². The van der Waals surface area contributed by atoms with Gasteiger partial charge in [-0.1, -0.05) is 73.6 Å². The molecule has 2 heterocycles. The molecule has 13 nitrogen and oxygen atoms in total. The number of nitrogens with zero attached hydrogens (tertiary/aromatic N) is 3. The molecule has 0 aromatic carbocycles. The van der Waals surface area contributed by atoms with Crippen molar-refractivity contribution < 1.29 is 28.8 Å². The molecule has 51 heavy (non-hydrogen) atoms. The van der Waals surface area contributed by atoms with Crippen molar-refractivity contribution in [2.75, 3.05) is 13.1 Å². The molecule has 4 rings (SSSR count). The van der Waals surface area contributed by atoms with E-state index in [9.17, 15) is 28.8 Å². The molecule has 2 saturated carbocycles. The third kappa shape index (κ3) is 11.0. The van der Waals surface area contributed by atoms with Gasteiger partial charge in [0.2, 0.25) is 23.5 Å². The van der Waals surface area contributed by atoms with Crippen LogP contribution < -0.4 is 21.3 Å². The van der Waals surface area contributed by atoms with E-state index in [0.29, 0.717) is 38.8 Å². The number of hydrogen-bond donors (Lipinski definition) is 4. The number of hydrogen-bond acceptors (Lipinski definition) is 8. The summed E-state index contributed by atoms with van der Waals surface area (Å²) < 4.78 is 0. The molecule has 13 heteroatoms. The van der Waals surface area contributed by atoms with Crippen LogP contribution in [0.1, 0.15) is 123 Å². The molecule has 1 aromatic heterocycles. The lowest BCUT2D eigenvalue weighted by Crippen LogP contribution is -2.62. The van der Waals surface area contributed by atoms with Crippen molar-refractivity contribution in [1.82, 2.24) is 36.1 Å². The lowest BCUT2D eigenvalue weighted by molar-refractivity contribution is -0.146. The van der Waals surface area contributed by atoms with Gasteiger partial charge >= 0.3 is 0 Å². The van der Waals surface area contributed by atoms with Crippen LogP contribution in [0.2, 0.25) is 0 Å². The summed E-state index contributed by atoms with van der Waals surface area (Å²) in [6, 6.07) is -3.76. The van der Waals surface area contributed by atoms with Gasteiger partial charge < -0.3 is 26.2 Å². The average Bonchev–Trinajstić information content (AvgIpc) is 3.83. The van der Waals surface area contributed by atoms with Gasteiger partial charge in [-0.25, -0.2) is 4.98 Å². The molecule has 1 saturated heterocycles. The maximum Gasteiger partial charge on any atom is 0.289 e. The SMILES string of the molecule is CCCNC(=O)C(=O)C(CC1CC1)NC(=O)[C@@H]1[C@@H](CC(C)C)CCN1C(=O)[C@@H](NC(=O)[C@@H](NC(=O)c1cnccn1)C1CCCCC1)C(C)(C)C. The van der Waals surface area contributed by atoms with E-state index in [4.69, 9.17) is 0 Å². The van der Waals surface area contributed by atoms with E-state index >= 15 is 0 Å². The number of aromatic nitrogens is 2. The van der Waals surface area contributed by atoms with Crippen LogP contribution in [-0.4, -0.2) is 87.4 Å². The van der Waals surface area contributed by atoms with Gasteiger partial charge in [0.1, 0.15) is 23.8 Å². The fourth-order valence-electron chi connectivity index (χ4n) is 7.51. The van der Waals surface area contributed by atoms with Crippen molar-refractivity contribution in [2.24, 2.45) is 29.1 Å². The van der Waals surface area contributed by atoms with Gasteiger partial charge in [-0.3, -0.25) is 33.8 Å². The number of Topliss-reactive ketones (excluding diaryl/α,β-unsaturated/α-hetero) is 1. The minimum absolute atomic E-state index is 0.0954. The Morgan fingerprint density at radius 1 is 0.902 bits per heavy atom. The Morgan fingerprint density at radius 3 is 2.20 bits per heavy atom. The van der Waals surface area contributed by atoms with E-state index in [0.717, 1.165) is 44.9 Å². The Labute approximate surface area is 302 Å². The summed E-state index contributed by atoms with van der Waals surface area (Å²) in [5, 5.41) is 11.4. The summed E-state index contributed by atoms with van der Waals surface area (Å²) in [6.07, 6.45) is 12.9. The van der Waals surface area contributed by atoms with E-state index in [2.05, 4.69) is 45.1 Å². The van der Waals surface area contributed by atoms with Crippen LogP contribution in [0.3, 0.4) is 0 Å². The molecule has 1 unspecified atom stereocenters. The highest BCUT2D eigenvalue weighted by Gasteiger charge is 2.48. The molecule has 1 aliphatic heterocycles. The van der Waals surface area contributed by atoms with Gasteiger partial charge in [0.25, 0.3) is 11.8 Å². The lowest BCUT2D eigenvalue weighted by Gasteiger charge is -2.38. The maximum absolute atomic E-state index is 14.6. The molecule has 0 radical (unpaired) electrons. The number of nitrogens with one attached hydrogen (secondary N) is 4. The zero-order valence-corrected chi connectivity index (χ0v) is 31.3. The number of carbonyl (C=O) groups excluding carboxylic acids is 6. The maximum atomic E-state index is 14.6. The van der Waals surface area contributed by atoms with Gasteiger partial charge in [-0.2, -0.15) is 0 Å². The number of likely N-dealkylation sites (tertiary alicyclic amines) is 1. The van der Waals surface area contributed by atoms with E-state index in [1.54, 1.807) is 4.90 Å². The first-order valence-corrected chi connectivity index (χ1v) is 19.0. The monoisotopic (exact) mass is 709 g/mol. The Balaban J connectivity index is 1.58. The predicted octanol–water partition coefficient (Wildman–Crippen LogP) is 3.33. The van der Waals surface area contributed by atoms with Gasteiger partial charge in [0.05, 0.1) is 12.2 Å². The fourth-order valence-corrected chi connectivity index (χ4v) is 7.51. The van der Waals surface area contributed by atoms with Crippen LogP contribution in [0.15, 0.2) is 18.6 Å². The highest BCUT2D eigenvalue weighted by atomic mass is 16.2. The summed E-state index contributed by atoms with van der Waals surface area (Å²) in [5.41, 5.74) is -0.657. The van der Waals surface area contributed by atoms with Gasteiger partial charge in [-0.05, 0) is 67.6 Å². The van der Waals surface area contributed by atoms with Crippen molar-refractivity contribution in [3.8, 4) is 0 Å². The molecule has 3 fully saturated rings. The molecular weight excluding hydrogens is 650 g/mol. The zero-order valence-electron chi connectivity index (χ0n) is 31.3. The van der Waals surface area contributed by atoms with E-state index in [1.807, 2.05) is 27.7 Å². The van der Waals surface area contributed by atoms with Crippen LogP contribution in [0.5, 0.6) is 0 Å². The van der Waals surface area contributed by atoms with Crippen LogP contribution in [0.4, 0.5) is 0 Å².